The zero-order valence-electron chi connectivity index (χ0n) is 8.13. The van der Waals surface area contributed by atoms with Crippen LogP contribution in [0.3, 0.4) is 0 Å². The Morgan fingerprint density at radius 3 is 2.54 bits per heavy atom. The monoisotopic (exact) mass is 177 g/mol. The molecule has 1 rings (SSSR count). The Morgan fingerprint density at radius 2 is 2.00 bits per heavy atom. The first-order chi connectivity index (χ1) is 6.22. The molecule has 0 fully saturated rings. The van der Waals surface area contributed by atoms with E-state index in [-0.39, 0.29) is 0 Å². The molecular formula is C11H15NO. The quantitative estimate of drug-likeness (QED) is 0.712. The normalized spacial score (nSPS) is 9.38. The number of aryl methyl sites for hydroxylation is 1. The van der Waals surface area contributed by atoms with Crippen molar-refractivity contribution in [2.45, 2.75) is 13.5 Å². The molecule has 2 nitrogen and oxygen atoms in total. The lowest BCUT2D eigenvalue weighted by molar-refractivity contribution is 0.183. The fraction of sp³-hybridized carbons (Fsp3) is 0.273. The molecule has 1 N–H and O–H groups in total. The summed E-state index contributed by atoms with van der Waals surface area (Å²) in [7, 11) is 1.79. The van der Waals surface area contributed by atoms with Gasteiger partial charge >= 0.3 is 0 Å². The highest BCUT2D eigenvalue weighted by Gasteiger charge is 1.93. The summed E-state index contributed by atoms with van der Waals surface area (Å²) in [4.78, 5) is 0. The third kappa shape index (κ3) is 3.20. The Labute approximate surface area is 79.2 Å². The molecule has 0 unspecified atom stereocenters. The summed E-state index contributed by atoms with van der Waals surface area (Å²) in [5.74, 6) is 0.598. The molecule has 70 valence electrons. The molecule has 0 amide bonds. The van der Waals surface area contributed by atoms with Crippen LogP contribution in [0.25, 0.3) is 0 Å². The second-order valence-electron chi connectivity index (χ2n) is 2.95. The molecule has 1 aromatic carbocycles. The lowest BCUT2D eigenvalue weighted by atomic mass is 10.2. The molecule has 0 aliphatic heterocycles. The van der Waals surface area contributed by atoms with Crippen LogP contribution in [0.1, 0.15) is 11.1 Å². The van der Waals surface area contributed by atoms with Crippen molar-refractivity contribution in [2.75, 3.05) is 7.05 Å². The van der Waals surface area contributed by atoms with Crippen LogP contribution in [-0.2, 0) is 11.3 Å². The largest absolute Gasteiger partial charge is 0.475 e. The van der Waals surface area contributed by atoms with Crippen molar-refractivity contribution in [3.63, 3.8) is 0 Å². The van der Waals surface area contributed by atoms with Gasteiger partial charge in [0.15, 0.2) is 5.88 Å². The Bertz CT molecular complexity index is 277. The third-order valence-corrected chi connectivity index (χ3v) is 1.81. The van der Waals surface area contributed by atoms with E-state index in [0.717, 1.165) is 5.56 Å². The third-order valence-electron chi connectivity index (χ3n) is 1.81. The zero-order chi connectivity index (χ0) is 9.68. The lowest BCUT2D eigenvalue weighted by Gasteiger charge is -2.07. The molecule has 0 aliphatic carbocycles. The van der Waals surface area contributed by atoms with Crippen LogP contribution >= 0.6 is 0 Å². The van der Waals surface area contributed by atoms with Crippen LogP contribution in [0, 0.1) is 6.92 Å². The Hall–Kier alpha value is -1.44. The van der Waals surface area contributed by atoms with Crippen LogP contribution in [-0.4, -0.2) is 7.05 Å². The van der Waals surface area contributed by atoms with E-state index < -0.39 is 0 Å². The number of ether oxygens (including phenoxy) is 1. The average molecular weight is 177 g/mol. The molecule has 0 spiro atoms. The van der Waals surface area contributed by atoms with E-state index in [4.69, 9.17) is 4.74 Å². The van der Waals surface area contributed by atoms with Crippen LogP contribution < -0.4 is 5.32 Å². The van der Waals surface area contributed by atoms with Gasteiger partial charge in [-0.05, 0) is 19.1 Å². The van der Waals surface area contributed by atoms with Gasteiger partial charge in [-0.3, -0.25) is 0 Å². The minimum Gasteiger partial charge on any atom is -0.475 e. The summed E-state index contributed by atoms with van der Waals surface area (Å²) < 4.78 is 5.31. The number of hydrogen-bond donors (Lipinski definition) is 1. The van der Waals surface area contributed by atoms with E-state index in [1.807, 2.05) is 0 Å². The minimum absolute atomic E-state index is 0.569. The molecule has 0 saturated carbocycles. The fourth-order valence-electron chi connectivity index (χ4n) is 0.927. The van der Waals surface area contributed by atoms with Crippen LogP contribution in [0.4, 0.5) is 0 Å². The van der Waals surface area contributed by atoms with Crippen LogP contribution in [0.2, 0.25) is 0 Å². The smallest absolute Gasteiger partial charge is 0.179 e. The SMILES string of the molecule is C=C(NC)OCc1ccc(C)cc1. The molecule has 0 bridgehead atoms. The van der Waals surface area contributed by atoms with Crippen molar-refractivity contribution in [1.29, 1.82) is 0 Å². The molecule has 0 saturated heterocycles. The highest BCUT2D eigenvalue weighted by atomic mass is 16.5. The number of benzene rings is 1. The highest BCUT2D eigenvalue weighted by Crippen LogP contribution is 2.05. The summed E-state index contributed by atoms with van der Waals surface area (Å²) >= 11 is 0. The van der Waals surface area contributed by atoms with Gasteiger partial charge in [-0.2, -0.15) is 0 Å². The van der Waals surface area contributed by atoms with Crippen molar-refractivity contribution in [3.05, 3.63) is 47.9 Å². The molecule has 0 aliphatic rings. The summed E-state index contributed by atoms with van der Waals surface area (Å²) in [6, 6.07) is 8.25. The van der Waals surface area contributed by atoms with Crippen molar-refractivity contribution < 1.29 is 4.74 Å². The number of hydrogen-bond acceptors (Lipinski definition) is 2. The Morgan fingerprint density at radius 1 is 1.38 bits per heavy atom. The minimum atomic E-state index is 0.569. The lowest BCUT2D eigenvalue weighted by Crippen LogP contribution is -2.07. The molecule has 2 heteroatoms. The van der Waals surface area contributed by atoms with Gasteiger partial charge in [0, 0.05) is 7.05 Å². The van der Waals surface area contributed by atoms with E-state index >= 15 is 0 Å². The Balaban J connectivity index is 2.46. The molecule has 0 atom stereocenters. The second-order valence-corrected chi connectivity index (χ2v) is 2.95. The highest BCUT2D eigenvalue weighted by molar-refractivity contribution is 5.20. The fourth-order valence-corrected chi connectivity index (χ4v) is 0.927. The standard InChI is InChI=1S/C11H15NO/c1-9-4-6-11(7-5-9)8-13-10(2)12-3/h4-7,12H,2,8H2,1,3H3. The van der Waals surface area contributed by atoms with Gasteiger partial charge < -0.3 is 10.1 Å². The maximum Gasteiger partial charge on any atom is 0.179 e. The zero-order valence-corrected chi connectivity index (χ0v) is 8.13. The van der Waals surface area contributed by atoms with Gasteiger partial charge in [0.25, 0.3) is 0 Å². The summed E-state index contributed by atoms with van der Waals surface area (Å²) in [6.07, 6.45) is 0. The van der Waals surface area contributed by atoms with E-state index in [9.17, 15) is 0 Å². The molecule has 0 heterocycles. The van der Waals surface area contributed by atoms with Gasteiger partial charge in [0.2, 0.25) is 0 Å². The van der Waals surface area contributed by atoms with Gasteiger partial charge in [0.1, 0.15) is 6.61 Å². The number of rotatable bonds is 4. The topological polar surface area (TPSA) is 21.3 Å². The van der Waals surface area contributed by atoms with Gasteiger partial charge in [-0.1, -0.05) is 29.8 Å². The molecule has 13 heavy (non-hydrogen) atoms. The van der Waals surface area contributed by atoms with Crippen LogP contribution in [0.15, 0.2) is 36.7 Å². The van der Waals surface area contributed by atoms with Crippen molar-refractivity contribution in [2.24, 2.45) is 0 Å². The molecule has 1 aromatic rings. The predicted molar refractivity (Wildman–Crippen MR) is 54.2 cm³/mol. The van der Waals surface area contributed by atoms with E-state index in [0.29, 0.717) is 12.5 Å². The van der Waals surface area contributed by atoms with Crippen molar-refractivity contribution >= 4 is 0 Å². The number of nitrogens with one attached hydrogen (secondary N) is 1. The maximum atomic E-state index is 5.31. The molecular weight excluding hydrogens is 162 g/mol. The van der Waals surface area contributed by atoms with Gasteiger partial charge in [0.05, 0.1) is 0 Å². The summed E-state index contributed by atoms with van der Waals surface area (Å²) in [5.41, 5.74) is 2.41. The molecule has 0 aromatic heterocycles. The first kappa shape index (κ1) is 9.65. The summed E-state index contributed by atoms with van der Waals surface area (Å²) in [5, 5.41) is 2.83. The first-order valence-electron chi connectivity index (χ1n) is 4.27. The summed E-state index contributed by atoms with van der Waals surface area (Å²) in [6.45, 7) is 6.31. The van der Waals surface area contributed by atoms with Gasteiger partial charge in [-0.25, -0.2) is 0 Å². The molecule has 0 radical (unpaired) electrons. The average Bonchev–Trinajstić information content (AvgIpc) is 2.16. The van der Waals surface area contributed by atoms with Crippen molar-refractivity contribution in [3.8, 4) is 0 Å². The van der Waals surface area contributed by atoms with Crippen molar-refractivity contribution in [1.82, 2.24) is 5.32 Å². The van der Waals surface area contributed by atoms with E-state index in [2.05, 4.69) is 43.1 Å². The van der Waals surface area contributed by atoms with E-state index in [1.54, 1.807) is 7.05 Å². The first-order valence-corrected chi connectivity index (χ1v) is 4.27. The maximum absolute atomic E-state index is 5.31. The second kappa shape index (κ2) is 4.55. The van der Waals surface area contributed by atoms with E-state index in [1.165, 1.54) is 5.56 Å². The Kier molecular flexibility index (Phi) is 3.38. The van der Waals surface area contributed by atoms with Gasteiger partial charge in [-0.15, -0.1) is 0 Å². The van der Waals surface area contributed by atoms with Crippen LogP contribution in [0.5, 0.6) is 0 Å². The predicted octanol–water partition coefficient (Wildman–Crippen LogP) is 2.20.